The van der Waals surface area contributed by atoms with Crippen molar-refractivity contribution in [1.82, 2.24) is 0 Å². The van der Waals surface area contributed by atoms with Gasteiger partial charge in [0, 0.05) is 5.56 Å². The molecular weight excluding hydrogens is 288 g/mol. The van der Waals surface area contributed by atoms with E-state index in [1.54, 1.807) is 12.1 Å². The zero-order valence-corrected chi connectivity index (χ0v) is 14.3. The van der Waals surface area contributed by atoms with Gasteiger partial charge in [0.15, 0.2) is 6.61 Å². The third-order valence-electron chi connectivity index (χ3n) is 4.22. The second-order valence-corrected chi connectivity index (χ2v) is 6.05. The van der Waals surface area contributed by atoms with Gasteiger partial charge in [-0.05, 0) is 80.6 Å². The highest BCUT2D eigenvalue weighted by Crippen LogP contribution is 2.16. The average molecular weight is 310 g/mol. The highest BCUT2D eigenvalue weighted by molar-refractivity contribution is 6.00. The zero-order valence-electron chi connectivity index (χ0n) is 14.3. The van der Waals surface area contributed by atoms with Crippen LogP contribution in [0.4, 0.5) is 0 Å². The molecule has 0 spiro atoms. The standard InChI is InChI=1S/C20H22O3/c1-12-6-7-17(9-14(12)3)20(22)23-11-19(21)18-10-15(4)13(2)8-16(18)5/h6-10H,11H2,1-5H3. The number of ketones is 1. The summed E-state index contributed by atoms with van der Waals surface area (Å²) in [6, 6.07) is 9.21. The molecule has 120 valence electrons. The fourth-order valence-electron chi connectivity index (χ4n) is 2.42. The molecule has 2 rings (SSSR count). The van der Waals surface area contributed by atoms with Gasteiger partial charge in [-0.1, -0.05) is 12.1 Å². The lowest BCUT2D eigenvalue weighted by molar-refractivity contribution is 0.0474. The quantitative estimate of drug-likeness (QED) is 0.625. The number of carbonyl (C=O) groups is 2. The van der Waals surface area contributed by atoms with Crippen LogP contribution in [-0.4, -0.2) is 18.4 Å². The number of hydrogen-bond donors (Lipinski definition) is 0. The van der Waals surface area contributed by atoms with E-state index in [0.29, 0.717) is 11.1 Å². The Labute approximate surface area is 137 Å². The van der Waals surface area contributed by atoms with E-state index >= 15 is 0 Å². The Bertz CT molecular complexity index is 773. The number of aryl methyl sites for hydroxylation is 5. The first-order valence-corrected chi connectivity index (χ1v) is 7.65. The summed E-state index contributed by atoms with van der Waals surface area (Å²) in [4.78, 5) is 24.4. The molecule has 0 atom stereocenters. The number of Topliss-reactive ketones (excluding diaryl/α,β-unsaturated/α-hetero) is 1. The van der Waals surface area contributed by atoms with Gasteiger partial charge in [0.1, 0.15) is 0 Å². The van der Waals surface area contributed by atoms with E-state index in [-0.39, 0.29) is 12.4 Å². The van der Waals surface area contributed by atoms with Crippen molar-refractivity contribution in [3.8, 4) is 0 Å². The summed E-state index contributed by atoms with van der Waals surface area (Å²) in [5.41, 5.74) is 6.32. The van der Waals surface area contributed by atoms with Crippen LogP contribution in [0, 0.1) is 34.6 Å². The first-order valence-electron chi connectivity index (χ1n) is 7.65. The molecule has 0 aliphatic heterocycles. The predicted molar refractivity (Wildman–Crippen MR) is 91.2 cm³/mol. The van der Waals surface area contributed by atoms with Gasteiger partial charge < -0.3 is 4.74 Å². The number of ether oxygens (including phenoxy) is 1. The van der Waals surface area contributed by atoms with Gasteiger partial charge in [-0.2, -0.15) is 0 Å². The Morgan fingerprint density at radius 2 is 1.39 bits per heavy atom. The molecule has 0 aromatic heterocycles. The highest BCUT2D eigenvalue weighted by Gasteiger charge is 2.15. The maximum atomic E-state index is 12.3. The Hall–Kier alpha value is -2.42. The van der Waals surface area contributed by atoms with Crippen LogP contribution in [0.15, 0.2) is 30.3 Å². The summed E-state index contributed by atoms with van der Waals surface area (Å²) in [6.07, 6.45) is 0. The van der Waals surface area contributed by atoms with Gasteiger partial charge in [-0.15, -0.1) is 0 Å². The van der Waals surface area contributed by atoms with E-state index in [1.807, 2.05) is 52.8 Å². The largest absolute Gasteiger partial charge is 0.454 e. The third-order valence-corrected chi connectivity index (χ3v) is 4.22. The lowest BCUT2D eigenvalue weighted by atomic mass is 9.98. The molecular formula is C20H22O3. The van der Waals surface area contributed by atoms with E-state index < -0.39 is 5.97 Å². The van der Waals surface area contributed by atoms with Crippen LogP contribution in [0.25, 0.3) is 0 Å². The van der Waals surface area contributed by atoms with Gasteiger partial charge in [-0.25, -0.2) is 4.79 Å². The average Bonchev–Trinajstić information content (AvgIpc) is 2.50. The molecule has 0 saturated heterocycles. The summed E-state index contributed by atoms with van der Waals surface area (Å²) in [7, 11) is 0. The molecule has 2 aromatic rings. The fraction of sp³-hybridized carbons (Fsp3) is 0.300. The van der Waals surface area contributed by atoms with Gasteiger partial charge in [0.05, 0.1) is 5.56 Å². The van der Waals surface area contributed by atoms with E-state index in [1.165, 1.54) is 0 Å². The first-order chi connectivity index (χ1) is 10.8. The highest BCUT2D eigenvalue weighted by atomic mass is 16.5. The summed E-state index contributed by atoms with van der Waals surface area (Å²) in [5, 5.41) is 0. The van der Waals surface area contributed by atoms with Crippen molar-refractivity contribution in [2.45, 2.75) is 34.6 Å². The molecule has 0 bridgehead atoms. The second-order valence-electron chi connectivity index (χ2n) is 6.05. The summed E-state index contributed by atoms with van der Waals surface area (Å²) in [5.74, 6) is -0.647. The summed E-state index contributed by atoms with van der Waals surface area (Å²) >= 11 is 0. The van der Waals surface area contributed by atoms with Crippen LogP contribution < -0.4 is 0 Å². The van der Waals surface area contributed by atoms with Gasteiger partial charge in [0.2, 0.25) is 5.78 Å². The number of carbonyl (C=O) groups excluding carboxylic acids is 2. The molecule has 0 N–H and O–H groups in total. The van der Waals surface area contributed by atoms with Crippen molar-refractivity contribution >= 4 is 11.8 Å². The molecule has 23 heavy (non-hydrogen) atoms. The minimum Gasteiger partial charge on any atom is -0.454 e. The molecule has 3 nitrogen and oxygen atoms in total. The van der Waals surface area contributed by atoms with Crippen molar-refractivity contribution in [3.63, 3.8) is 0 Å². The van der Waals surface area contributed by atoms with E-state index in [9.17, 15) is 9.59 Å². The molecule has 0 saturated carbocycles. The van der Waals surface area contributed by atoms with Crippen molar-refractivity contribution in [2.75, 3.05) is 6.61 Å². The third kappa shape index (κ3) is 3.86. The molecule has 0 fully saturated rings. The minimum absolute atomic E-state index is 0.178. The molecule has 3 heteroatoms. The second kappa shape index (κ2) is 6.78. The zero-order chi connectivity index (χ0) is 17.1. The molecule has 0 amide bonds. The van der Waals surface area contributed by atoms with E-state index in [0.717, 1.165) is 27.8 Å². The Morgan fingerprint density at radius 1 is 0.783 bits per heavy atom. The lowest BCUT2D eigenvalue weighted by Gasteiger charge is -2.10. The maximum Gasteiger partial charge on any atom is 0.338 e. The Morgan fingerprint density at radius 3 is 2.04 bits per heavy atom. The molecule has 0 aliphatic rings. The van der Waals surface area contributed by atoms with Gasteiger partial charge in [0.25, 0.3) is 0 Å². The smallest absolute Gasteiger partial charge is 0.338 e. The molecule has 0 heterocycles. The maximum absolute atomic E-state index is 12.3. The van der Waals surface area contributed by atoms with E-state index in [4.69, 9.17) is 4.74 Å². The lowest BCUT2D eigenvalue weighted by Crippen LogP contribution is -2.15. The molecule has 0 unspecified atom stereocenters. The Balaban J connectivity index is 2.08. The van der Waals surface area contributed by atoms with Crippen molar-refractivity contribution < 1.29 is 14.3 Å². The van der Waals surface area contributed by atoms with Crippen LogP contribution in [0.1, 0.15) is 48.5 Å². The summed E-state index contributed by atoms with van der Waals surface area (Å²) in [6.45, 7) is 9.55. The monoisotopic (exact) mass is 310 g/mol. The van der Waals surface area contributed by atoms with Crippen LogP contribution >= 0.6 is 0 Å². The van der Waals surface area contributed by atoms with Gasteiger partial charge in [-0.3, -0.25) is 4.79 Å². The van der Waals surface area contributed by atoms with Crippen LogP contribution in [-0.2, 0) is 4.74 Å². The number of hydrogen-bond acceptors (Lipinski definition) is 3. The number of benzene rings is 2. The number of esters is 1. The summed E-state index contributed by atoms with van der Waals surface area (Å²) < 4.78 is 5.18. The molecule has 2 aromatic carbocycles. The first kappa shape index (κ1) is 16.9. The number of rotatable bonds is 4. The van der Waals surface area contributed by atoms with Gasteiger partial charge >= 0.3 is 5.97 Å². The van der Waals surface area contributed by atoms with E-state index in [2.05, 4.69) is 0 Å². The van der Waals surface area contributed by atoms with Crippen LogP contribution in [0.5, 0.6) is 0 Å². The molecule has 0 aliphatic carbocycles. The van der Waals surface area contributed by atoms with Crippen molar-refractivity contribution in [1.29, 1.82) is 0 Å². The molecule has 0 radical (unpaired) electrons. The fourth-order valence-corrected chi connectivity index (χ4v) is 2.42. The topological polar surface area (TPSA) is 43.4 Å². The Kier molecular flexibility index (Phi) is 4.99. The van der Waals surface area contributed by atoms with Crippen LogP contribution in [0.2, 0.25) is 0 Å². The normalized spacial score (nSPS) is 10.5. The minimum atomic E-state index is -0.470. The van der Waals surface area contributed by atoms with Crippen molar-refractivity contribution in [3.05, 3.63) is 69.3 Å². The van der Waals surface area contributed by atoms with Crippen LogP contribution in [0.3, 0.4) is 0 Å². The predicted octanol–water partition coefficient (Wildman–Crippen LogP) is 4.27. The van der Waals surface area contributed by atoms with Crippen molar-refractivity contribution in [2.24, 2.45) is 0 Å². The SMILES string of the molecule is Cc1ccc(C(=O)OCC(=O)c2cc(C)c(C)cc2C)cc1C.